The predicted molar refractivity (Wildman–Crippen MR) is 58.2 cm³/mol. The summed E-state index contributed by atoms with van der Waals surface area (Å²) in [5.41, 5.74) is 0.275. The Labute approximate surface area is 89.7 Å². The van der Waals surface area contributed by atoms with Crippen LogP contribution >= 0.6 is 0 Å². The van der Waals surface area contributed by atoms with Gasteiger partial charge in [-0.15, -0.1) is 0 Å². The Bertz CT molecular complexity index is 312. The van der Waals surface area contributed by atoms with Gasteiger partial charge in [-0.25, -0.2) is 4.79 Å². The Morgan fingerprint density at radius 3 is 2.93 bits per heavy atom. The van der Waals surface area contributed by atoms with Crippen LogP contribution in [-0.4, -0.2) is 12.6 Å². The highest BCUT2D eigenvalue weighted by Gasteiger charge is 2.12. The molecule has 82 valence electrons. The largest absolute Gasteiger partial charge is 0.464 e. The number of esters is 1. The Balaban J connectivity index is 2.31. The molecule has 0 aliphatic rings. The van der Waals surface area contributed by atoms with Gasteiger partial charge in [0.15, 0.2) is 0 Å². The molecule has 0 amide bonds. The second-order valence-electron chi connectivity index (χ2n) is 3.30. The van der Waals surface area contributed by atoms with Crippen molar-refractivity contribution in [2.24, 2.45) is 0 Å². The molecule has 0 aliphatic heterocycles. The summed E-state index contributed by atoms with van der Waals surface area (Å²) in [6.07, 6.45) is 4.58. The maximum atomic E-state index is 11.4. The van der Waals surface area contributed by atoms with E-state index in [0.717, 1.165) is 19.3 Å². The molecular formula is C12H16O3. The second kappa shape index (κ2) is 6.06. The molecule has 0 bridgehead atoms. The van der Waals surface area contributed by atoms with E-state index in [1.807, 2.05) is 0 Å². The lowest BCUT2D eigenvalue weighted by Gasteiger charge is -2.04. The maximum absolute atomic E-state index is 11.4. The van der Waals surface area contributed by atoms with Crippen molar-refractivity contribution in [2.45, 2.75) is 26.2 Å². The van der Waals surface area contributed by atoms with Gasteiger partial charge in [0.05, 0.1) is 18.4 Å². The van der Waals surface area contributed by atoms with E-state index in [1.54, 1.807) is 12.1 Å². The summed E-state index contributed by atoms with van der Waals surface area (Å²) in [5.74, 6) is 0.0662. The summed E-state index contributed by atoms with van der Waals surface area (Å²) in [5, 5.41) is 0. The van der Waals surface area contributed by atoms with Crippen LogP contribution in [0.2, 0.25) is 0 Å². The van der Waals surface area contributed by atoms with Crippen LogP contribution in [0, 0.1) is 0 Å². The number of hydrogen-bond acceptors (Lipinski definition) is 3. The van der Waals surface area contributed by atoms with E-state index in [2.05, 4.69) is 13.5 Å². The average molecular weight is 208 g/mol. The molecule has 3 nitrogen and oxygen atoms in total. The van der Waals surface area contributed by atoms with Crippen molar-refractivity contribution in [1.29, 1.82) is 0 Å². The lowest BCUT2D eigenvalue weighted by Crippen LogP contribution is -2.07. The first kappa shape index (κ1) is 11.6. The number of carbonyl (C=O) groups is 1. The van der Waals surface area contributed by atoms with Crippen molar-refractivity contribution >= 4 is 11.5 Å². The van der Waals surface area contributed by atoms with E-state index < -0.39 is 5.97 Å². The first-order chi connectivity index (χ1) is 7.25. The van der Waals surface area contributed by atoms with Gasteiger partial charge in [0.25, 0.3) is 0 Å². The average Bonchev–Trinajstić information content (AvgIpc) is 2.76. The van der Waals surface area contributed by atoms with E-state index in [9.17, 15) is 4.79 Å². The summed E-state index contributed by atoms with van der Waals surface area (Å²) < 4.78 is 10.1. The van der Waals surface area contributed by atoms with Crippen molar-refractivity contribution in [3.63, 3.8) is 0 Å². The lowest BCUT2D eigenvalue weighted by molar-refractivity contribution is -0.136. The quantitative estimate of drug-likeness (QED) is 0.410. The van der Waals surface area contributed by atoms with Crippen LogP contribution in [0.25, 0.3) is 5.57 Å². The molecule has 0 atom stereocenters. The molecule has 0 fully saturated rings. The molecule has 1 aromatic heterocycles. The number of ether oxygens (including phenoxy) is 1. The van der Waals surface area contributed by atoms with Crippen LogP contribution in [0.5, 0.6) is 0 Å². The molecule has 0 saturated heterocycles. The van der Waals surface area contributed by atoms with Crippen molar-refractivity contribution in [3.8, 4) is 0 Å². The first-order valence-electron chi connectivity index (χ1n) is 5.15. The van der Waals surface area contributed by atoms with Crippen molar-refractivity contribution < 1.29 is 13.9 Å². The third kappa shape index (κ3) is 3.62. The van der Waals surface area contributed by atoms with Crippen molar-refractivity contribution in [3.05, 3.63) is 30.7 Å². The zero-order valence-electron chi connectivity index (χ0n) is 8.99. The number of carbonyl (C=O) groups excluding carboxylic acids is 1. The third-order valence-corrected chi connectivity index (χ3v) is 2.05. The fraction of sp³-hybridized carbons (Fsp3) is 0.417. The summed E-state index contributed by atoms with van der Waals surface area (Å²) in [7, 11) is 0. The molecule has 0 radical (unpaired) electrons. The number of rotatable bonds is 6. The minimum atomic E-state index is -0.402. The highest BCUT2D eigenvalue weighted by atomic mass is 16.5. The van der Waals surface area contributed by atoms with Gasteiger partial charge in [0, 0.05) is 0 Å². The summed E-state index contributed by atoms with van der Waals surface area (Å²) in [6, 6.07) is 3.40. The zero-order chi connectivity index (χ0) is 11.1. The van der Waals surface area contributed by atoms with Gasteiger partial charge in [-0.1, -0.05) is 26.3 Å². The third-order valence-electron chi connectivity index (χ3n) is 2.05. The smallest absolute Gasteiger partial charge is 0.341 e. The highest BCUT2D eigenvalue weighted by Crippen LogP contribution is 2.14. The molecular weight excluding hydrogens is 192 g/mol. The van der Waals surface area contributed by atoms with E-state index in [0.29, 0.717) is 12.4 Å². The van der Waals surface area contributed by atoms with Gasteiger partial charge in [0.1, 0.15) is 5.76 Å². The number of furan rings is 1. The Kier molecular flexibility index (Phi) is 4.68. The SMILES string of the molecule is C=C(C(=O)OCCCCC)c1ccco1. The van der Waals surface area contributed by atoms with Gasteiger partial charge >= 0.3 is 5.97 Å². The molecule has 0 spiro atoms. The second-order valence-corrected chi connectivity index (χ2v) is 3.30. The van der Waals surface area contributed by atoms with Gasteiger partial charge in [-0.3, -0.25) is 0 Å². The van der Waals surface area contributed by atoms with E-state index in [4.69, 9.17) is 9.15 Å². The zero-order valence-corrected chi connectivity index (χ0v) is 8.99. The van der Waals surface area contributed by atoms with Crippen LogP contribution in [0.4, 0.5) is 0 Å². The highest BCUT2D eigenvalue weighted by molar-refractivity contribution is 6.14. The molecule has 15 heavy (non-hydrogen) atoms. The summed E-state index contributed by atoms with van der Waals surface area (Å²) in [6.45, 7) is 6.18. The molecule has 1 rings (SSSR count). The van der Waals surface area contributed by atoms with Crippen molar-refractivity contribution in [1.82, 2.24) is 0 Å². The van der Waals surface area contributed by atoms with Crippen LogP contribution in [0.3, 0.4) is 0 Å². The van der Waals surface area contributed by atoms with Crippen molar-refractivity contribution in [2.75, 3.05) is 6.61 Å². The Morgan fingerprint density at radius 2 is 2.33 bits per heavy atom. The summed E-state index contributed by atoms with van der Waals surface area (Å²) >= 11 is 0. The van der Waals surface area contributed by atoms with Crippen LogP contribution in [0.1, 0.15) is 31.9 Å². The summed E-state index contributed by atoms with van der Waals surface area (Å²) in [4.78, 5) is 11.4. The minimum absolute atomic E-state index is 0.275. The monoisotopic (exact) mass is 208 g/mol. The van der Waals surface area contributed by atoms with Gasteiger partial charge in [-0.2, -0.15) is 0 Å². The number of hydrogen-bond donors (Lipinski definition) is 0. The molecule has 0 aromatic carbocycles. The van der Waals surface area contributed by atoms with Gasteiger partial charge in [0.2, 0.25) is 0 Å². The standard InChI is InChI=1S/C12H16O3/c1-3-4-5-8-15-12(13)10(2)11-7-6-9-14-11/h6-7,9H,2-5,8H2,1H3. The minimum Gasteiger partial charge on any atom is -0.464 e. The normalized spacial score (nSPS) is 9.93. The van der Waals surface area contributed by atoms with E-state index in [1.165, 1.54) is 6.26 Å². The number of unbranched alkanes of at least 4 members (excludes halogenated alkanes) is 2. The molecule has 1 aromatic rings. The molecule has 0 saturated carbocycles. The predicted octanol–water partition coefficient (Wildman–Crippen LogP) is 3.03. The molecule has 3 heteroatoms. The molecule has 0 N–H and O–H groups in total. The van der Waals surface area contributed by atoms with Gasteiger partial charge < -0.3 is 9.15 Å². The fourth-order valence-corrected chi connectivity index (χ4v) is 1.15. The van der Waals surface area contributed by atoms with Crippen LogP contribution < -0.4 is 0 Å². The lowest BCUT2D eigenvalue weighted by atomic mass is 10.2. The van der Waals surface area contributed by atoms with Gasteiger partial charge in [-0.05, 0) is 18.6 Å². The molecule has 1 heterocycles. The van der Waals surface area contributed by atoms with E-state index in [-0.39, 0.29) is 5.57 Å². The molecule has 0 unspecified atom stereocenters. The first-order valence-corrected chi connectivity index (χ1v) is 5.15. The van der Waals surface area contributed by atoms with Crippen LogP contribution in [-0.2, 0) is 9.53 Å². The van der Waals surface area contributed by atoms with Crippen LogP contribution in [0.15, 0.2) is 29.4 Å². The molecule has 0 aliphatic carbocycles. The Hall–Kier alpha value is -1.51. The Morgan fingerprint density at radius 1 is 1.53 bits per heavy atom. The maximum Gasteiger partial charge on any atom is 0.341 e. The fourth-order valence-electron chi connectivity index (χ4n) is 1.15. The topological polar surface area (TPSA) is 39.4 Å². The van der Waals surface area contributed by atoms with E-state index >= 15 is 0 Å².